The molecule has 0 spiro atoms. The van der Waals surface area contributed by atoms with Gasteiger partial charge in [-0.25, -0.2) is 14.0 Å². The first-order chi connectivity index (χ1) is 9.97. The number of carboxylic acid groups (broad SMARTS) is 1. The zero-order valence-corrected chi connectivity index (χ0v) is 11.3. The topological polar surface area (TPSA) is 78.4 Å². The van der Waals surface area contributed by atoms with Crippen molar-refractivity contribution in [3.8, 4) is 0 Å². The number of urea groups is 1. The van der Waals surface area contributed by atoms with Crippen molar-refractivity contribution in [2.45, 2.75) is 0 Å². The van der Waals surface area contributed by atoms with E-state index in [0.29, 0.717) is 0 Å². The van der Waals surface area contributed by atoms with E-state index in [4.69, 9.17) is 16.7 Å². The van der Waals surface area contributed by atoms with Crippen molar-refractivity contribution >= 4 is 35.0 Å². The fraction of sp³-hybridized carbons (Fsp3) is 0. The van der Waals surface area contributed by atoms with Gasteiger partial charge < -0.3 is 15.7 Å². The third kappa shape index (κ3) is 3.70. The van der Waals surface area contributed by atoms with Gasteiger partial charge in [-0.1, -0.05) is 23.7 Å². The number of halogens is 2. The van der Waals surface area contributed by atoms with Gasteiger partial charge in [0, 0.05) is 5.69 Å². The molecule has 0 radical (unpaired) electrons. The van der Waals surface area contributed by atoms with Crippen molar-refractivity contribution in [3.05, 3.63) is 58.9 Å². The Bertz CT molecular complexity index is 686. The van der Waals surface area contributed by atoms with Crippen LogP contribution in [0.4, 0.5) is 20.6 Å². The molecular formula is C14H10ClFN2O3. The van der Waals surface area contributed by atoms with Crippen molar-refractivity contribution in [3.63, 3.8) is 0 Å². The summed E-state index contributed by atoms with van der Waals surface area (Å²) in [5.41, 5.74) is 0.141. The fourth-order valence-corrected chi connectivity index (χ4v) is 1.83. The van der Waals surface area contributed by atoms with Gasteiger partial charge in [0.15, 0.2) is 0 Å². The van der Waals surface area contributed by atoms with Crippen LogP contribution < -0.4 is 10.6 Å². The van der Waals surface area contributed by atoms with Gasteiger partial charge >= 0.3 is 12.0 Å². The van der Waals surface area contributed by atoms with Gasteiger partial charge in [-0.3, -0.25) is 0 Å². The highest BCUT2D eigenvalue weighted by Crippen LogP contribution is 2.24. The van der Waals surface area contributed by atoms with Crippen LogP contribution in [-0.2, 0) is 0 Å². The first kappa shape index (κ1) is 14.8. The average molecular weight is 309 g/mol. The quantitative estimate of drug-likeness (QED) is 0.806. The van der Waals surface area contributed by atoms with Crippen molar-refractivity contribution < 1.29 is 19.1 Å². The van der Waals surface area contributed by atoms with Gasteiger partial charge in [0.25, 0.3) is 0 Å². The minimum absolute atomic E-state index is 0.0247. The molecule has 7 heteroatoms. The van der Waals surface area contributed by atoms with Crippen molar-refractivity contribution in [1.82, 2.24) is 0 Å². The van der Waals surface area contributed by atoms with Gasteiger partial charge in [-0.2, -0.15) is 0 Å². The van der Waals surface area contributed by atoms with Crippen LogP contribution in [0.2, 0.25) is 5.02 Å². The maximum Gasteiger partial charge on any atom is 0.335 e. The zero-order chi connectivity index (χ0) is 15.4. The number of carbonyl (C=O) groups excluding carboxylic acids is 1. The fourth-order valence-electron chi connectivity index (χ4n) is 1.62. The van der Waals surface area contributed by atoms with E-state index >= 15 is 0 Å². The molecule has 5 nitrogen and oxygen atoms in total. The Kier molecular flexibility index (Phi) is 4.39. The first-order valence-electron chi connectivity index (χ1n) is 5.83. The summed E-state index contributed by atoms with van der Waals surface area (Å²) in [6, 6.07) is 8.94. The number of hydrogen-bond donors (Lipinski definition) is 3. The number of anilines is 2. The Morgan fingerprint density at radius 3 is 2.48 bits per heavy atom. The van der Waals surface area contributed by atoms with Crippen LogP contribution in [0.1, 0.15) is 10.4 Å². The molecule has 108 valence electrons. The van der Waals surface area contributed by atoms with Crippen LogP contribution in [-0.4, -0.2) is 17.1 Å². The maximum atomic E-state index is 13.5. The highest BCUT2D eigenvalue weighted by atomic mass is 35.5. The molecule has 2 amide bonds. The second-order valence-corrected chi connectivity index (χ2v) is 4.47. The Morgan fingerprint density at radius 1 is 1.10 bits per heavy atom. The second-order valence-electron chi connectivity index (χ2n) is 4.06. The van der Waals surface area contributed by atoms with Gasteiger partial charge in [0.1, 0.15) is 5.82 Å². The molecule has 0 saturated carbocycles. The number of benzene rings is 2. The molecule has 0 aliphatic heterocycles. The standard InChI is InChI=1S/C14H10ClFN2O3/c15-10-5-2-6-11(16)12(10)18-14(21)17-9-4-1-3-8(7-9)13(19)20/h1-7H,(H,19,20)(H2,17,18,21). The molecule has 0 fully saturated rings. The van der Waals surface area contributed by atoms with E-state index in [1.54, 1.807) is 0 Å². The van der Waals surface area contributed by atoms with E-state index in [-0.39, 0.29) is 22.0 Å². The summed E-state index contributed by atoms with van der Waals surface area (Å²) in [4.78, 5) is 22.6. The molecule has 2 aromatic rings. The minimum Gasteiger partial charge on any atom is -0.478 e. The van der Waals surface area contributed by atoms with E-state index in [1.807, 2.05) is 0 Å². The Hall–Kier alpha value is -2.60. The Morgan fingerprint density at radius 2 is 1.81 bits per heavy atom. The van der Waals surface area contributed by atoms with E-state index in [2.05, 4.69) is 10.6 Å². The molecule has 0 bridgehead atoms. The summed E-state index contributed by atoms with van der Waals surface area (Å²) in [6.07, 6.45) is 0. The average Bonchev–Trinajstić information content (AvgIpc) is 2.43. The molecule has 3 N–H and O–H groups in total. The molecule has 21 heavy (non-hydrogen) atoms. The van der Waals surface area contributed by atoms with E-state index < -0.39 is 17.8 Å². The minimum atomic E-state index is -1.11. The van der Waals surface area contributed by atoms with Crippen molar-refractivity contribution in [2.24, 2.45) is 0 Å². The van der Waals surface area contributed by atoms with Crippen LogP contribution in [0.3, 0.4) is 0 Å². The smallest absolute Gasteiger partial charge is 0.335 e. The molecule has 0 aliphatic carbocycles. The predicted octanol–water partition coefficient (Wildman–Crippen LogP) is 3.82. The van der Waals surface area contributed by atoms with E-state index in [9.17, 15) is 14.0 Å². The monoisotopic (exact) mass is 308 g/mol. The molecule has 2 aromatic carbocycles. The summed E-state index contributed by atoms with van der Waals surface area (Å²) < 4.78 is 13.5. The lowest BCUT2D eigenvalue weighted by Gasteiger charge is -2.10. The number of para-hydroxylation sites is 1. The maximum absolute atomic E-state index is 13.5. The van der Waals surface area contributed by atoms with Crippen LogP contribution in [0.15, 0.2) is 42.5 Å². The predicted molar refractivity (Wildman–Crippen MR) is 77.5 cm³/mol. The Balaban J connectivity index is 2.12. The van der Waals surface area contributed by atoms with Gasteiger partial charge in [0.2, 0.25) is 0 Å². The van der Waals surface area contributed by atoms with Gasteiger partial charge in [-0.15, -0.1) is 0 Å². The second kappa shape index (κ2) is 6.23. The Labute approximate surface area is 124 Å². The SMILES string of the molecule is O=C(Nc1cccc(C(=O)O)c1)Nc1c(F)cccc1Cl. The summed E-state index contributed by atoms with van der Waals surface area (Å²) in [7, 11) is 0. The highest BCUT2D eigenvalue weighted by molar-refractivity contribution is 6.33. The highest BCUT2D eigenvalue weighted by Gasteiger charge is 2.11. The molecule has 0 atom stereocenters. The molecule has 0 aliphatic rings. The summed E-state index contributed by atoms with van der Waals surface area (Å²) in [5, 5.41) is 13.6. The van der Waals surface area contributed by atoms with Gasteiger partial charge in [0.05, 0.1) is 16.3 Å². The first-order valence-corrected chi connectivity index (χ1v) is 6.20. The molecule has 0 aromatic heterocycles. The van der Waals surface area contributed by atoms with E-state index in [1.165, 1.54) is 36.4 Å². The number of amides is 2. The lowest BCUT2D eigenvalue weighted by molar-refractivity contribution is 0.0697. The third-order valence-corrected chi connectivity index (χ3v) is 2.88. The molecular weight excluding hydrogens is 299 g/mol. The molecule has 0 saturated heterocycles. The van der Waals surface area contributed by atoms with Gasteiger partial charge in [-0.05, 0) is 30.3 Å². The number of hydrogen-bond acceptors (Lipinski definition) is 2. The van der Waals surface area contributed by atoms with Crippen LogP contribution in [0.25, 0.3) is 0 Å². The molecule has 0 heterocycles. The lowest BCUT2D eigenvalue weighted by Crippen LogP contribution is -2.20. The number of rotatable bonds is 3. The van der Waals surface area contributed by atoms with Crippen LogP contribution >= 0.6 is 11.6 Å². The summed E-state index contributed by atoms with van der Waals surface area (Å²) in [6.45, 7) is 0. The third-order valence-electron chi connectivity index (χ3n) is 2.57. The summed E-state index contributed by atoms with van der Waals surface area (Å²) >= 11 is 5.78. The zero-order valence-electron chi connectivity index (χ0n) is 10.6. The number of carbonyl (C=O) groups is 2. The van der Waals surface area contributed by atoms with E-state index in [0.717, 1.165) is 6.07 Å². The van der Waals surface area contributed by atoms with Crippen molar-refractivity contribution in [2.75, 3.05) is 10.6 Å². The van der Waals surface area contributed by atoms with Crippen molar-refractivity contribution in [1.29, 1.82) is 0 Å². The molecule has 0 unspecified atom stereocenters. The summed E-state index contributed by atoms with van der Waals surface area (Å²) in [5.74, 6) is -1.78. The molecule has 2 rings (SSSR count). The normalized spacial score (nSPS) is 10.0. The number of nitrogens with one attached hydrogen (secondary N) is 2. The van der Waals surface area contributed by atoms with Crippen LogP contribution in [0, 0.1) is 5.82 Å². The lowest BCUT2D eigenvalue weighted by atomic mass is 10.2. The number of aromatic carboxylic acids is 1. The van der Waals surface area contributed by atoms with Crippen LogP contribution in [0.5, 0.6) is 0 Å². The largest absolute Gasteiger partial charge is 0.478 e. The number of carboxylic acids is 1.